The minimum absolute atomic E-state index is 0.458. The molecule has 2 heteroatoms. The molecule has 2 atom stereocenters. The largest absolute Gasteiger partial charge is 0.383 e. The Kier molecular flexibility index (Phi) is 6.99. The van der Waals surface area contributed by atoms with Gasteiger partial charge in [-0.2, -0.15) is 0 Å². The number of nitrogens with one attached hydrogen (secondary N) is 1. The molecule has 18 heavy (non-hydrogen) atoms. The first-order valence-corrected chi connectivity index (χ1v) is 6.96. The van der Waals surface area contributed by atoms with E-state index >= 15 is 0 Å². The number of hydrogen-bond donors (Lipinski definition) is 1. The van der Waals surface area contributed by atoms with Gasteiger partial charge in [-0.25, -0.2) is 0 Å². The summed E-state index contributed by atoms with van der Waals surface area (Å²) in [6.45, 7) is 8.58. The highest BCUT2D eigenvalue weighted by Crippen LogP contribution is 2.23. The van der Waals surface area contributed by atoms with Crippen LogP contribution in [0.3, 0.4) is 0 Å². The SMILES string of the molecule is CCC(COC)NCC(c1ccccc1)C(C)C. The number of ether oxygens (including phenoxy) is 1. The molecular formula is C16H27NO. The van der Waals surface area contributed by atoms with Crippen LogP contribution in [0, 0.1) is 5.92 Å². The van der Waals surface area contributed by atoms with Crippen LogP contribution >= 0.6 is 0 Å². The Morgan fingerprint density at radius 1 is 1.17 bits per heavy atom. The van der Waals surface area contributed by atoms with Crippen molar-refractivity contribution < 1.29 is 4.74 Å². The van der Waals surface area contributed by atoms with E-state index in [1.807, 2.05) is 0 Å². The lowest BCUT2D eigenvalue weighted by Gasteiger charge is -2.25. The summed E-state index contributed by atoms with van der Waals surface area (Å²) in [5, 5.41) is 3.63. The molecule has 0 spiro atoms. The summed E-state index contributed by atoms with van der Waals surface area (Å²) in [7, 11) is 1.77. The van der Waals surface area contributed by atoms with Crippen molar-refractivity contribution in [1.82, 2.24) is 5.32 Å². The van der Waals surface area contributed by atoms with Gasteiger partial charge in [0.2, 0.25) is 0 Å². The van der Waals surface area contributed by atoms with Crippen LogP contribution in [-0.2, 0) is 4.74 Å². The maximum Gasteiger partial charge on any atom is 0.0615 e. The molecule has 0 aliphatic heterocycles. The van der Waals surface area contributed by atoms with Gasteiger partial charge in [0.25, 0.3) is 0 Å². The van der Waals surface area contributed by atoms with Gasteiger partial charge in [-0.3, -0.25) is 0 Å². The molecule has 0 heterocycles. The second-order valence-electron chi connectivity index (χ2n) is 5.23. The third-order valence-corrected chi connectivity index (χ3v) is 3.52. The minimum Gasteiger partial charge on any atom is -0.383 e. The van der Waals surface area contributed by atoms with Crippen molar-refractivity contribution in [3.63, 3.8) is 0 Å². The van der Waals surface area contributed by atoms with Gasteiger partial charge in [-0.15, -0.1) is 0 Å². The average Bonchev–Trinajstić information content (AvgIpc) is 2.38. The van der Waals surface area contributed by atoms with Crippen LogP contribution in [0.25, 0.3) is 0 Å². The normalized spacial score (nSPS) is 14.7. The number of methoxy groups -OCH3 is 1. The molecule has 0 bridgehead atoms. The van der Waals surface area contributed by atoms with E-state index in [1.165, 1.54) is 5.56 Å². The topological polar surface area (TPSA) is 21.3 Å². The molecule has 1 rings (SSSR count). The molecule has 0 amide bonds. The standard InChI is InChI=1S/C16H27NO/c1-5-15(12-18-4)17-11-16(13(2)3)14-9-7-6-8-10-14/h6-10,13,15-17H,5,11-12H2,1-4H3. The fraction of sp³-hybridized carbons (Fsp3) is 0.625. The van der Waals surface area contributed by atoms with Crippen LogP contribution in [0.15, 0.2) is 30.3 Å². The summed E-state index contributed by atoms with van der Waals surface area (Å²) in [5.41, 5.74) is 1.42. The fourth-order valence-corrected chi connectivity index (χ4v) is 2.25. The zero-order valence-corrected chi connectivity index (χ0v) is 12.1. The zero-order valence-electron chi connectivity index (χ0n) is 12.1. The summed E-state index contributed by atoms with van der Waals surface area (Å²) in [6.07, 6.45) is 1.10. The maximum atomic E-state index is 5.23. The summed E-state index contributed by atoms with van der Waals surface area (Å²) in [4.78, 5) is 0. The van der Waals surface area contributed by atoms with Crippen molar-refractivity contribution in [2.24, 2.45) is 5.92 Å². The molecule has 0 radical (unpaired) electrons. The molecule has 0 saturated carbocycles. The number of rotatable bonds is 8. The Labute approximate surface area is 112 Å². The predicted molar refractivity (Wildman–Crippen MR) is 78.0 cm³/mol. The first-order valence-electron chi connectivity index (χ1n) is 6.96. The monoisotopic (exact) mass is 249 g/mol. The van der Waals surface area contributed by atoms with E-state index in [0.29, 0.717) is 17.9 Å². The Hall–Kier alpha value is -0.860. The lowest BCUT2D eigenvalue weighted by atomic mass is 9.88. The molecule has 0 aliphatic carbocycles. The van der Waals surface area contributed by atoms with E-state index in [1.54, 1.807) is 7.11 Å². The molecule has 0 fully saturated rings. The highest BCUT2D eigenvalue weighted by molar-refractivity contribution is 5.20. The van der Waals surface area contributed by atoms with E-state index < -0.39 is 0 Å². The first-order chi connectivity index (χ1) is 8.69. The van der Waals surface area contributed by atoms with Crippen molar-refractivity contribution >= 4 is 0 Å². The van der Waals surface area contributed by atoms with E-state index in [-0.39, 0.29) is 0 Å². The Morgan fingerprint density at radius 3 is 2.33 bits per heavy atom. The maximum absolute atomic E-state index is 5.23. The second-order valence-corrected chi connectivity index (χ2v) is 5.23. The summed E-state index contributed by atoms with van der Waals surface area (Å²) in [6, 6.07) is 11.2. The van der Waals surface area contributed by atoms with Crippen LogP contribution in [0.5, 0.6) is 0 Å². The molecule has 102 valence electrons. The number of hydrogen-bond acceptors (Lipinski definition) is 2. The molecule has 1 aromatic rings. The van der Waals surface area contributed by atoms with Gasteiger partial charge >= 0.3 is 0 Å². The molecule has 0 aromatic heterocycles. The highest BCUT2D eigenvalue weighted by Gasteiger charge is 2.16. The van der Waals surface area contributed by atoms with E-state index in [9.17, 15) is 0 Å². The molecule has 1 aromatic carbocycles. The van der Waals surface area contributed by atoms with Crippen molar-refractivity contribution in [1.29, 1.82) is 0 Å². The highest BCUT2D eigenvalue weighted by atomic mass is 16.5. The van der Waals surface area contributed by atoms with Crippen LogP contribution in [-0.4, -0.2) is 26.3 Å². The molecule has 0 saturated heterocycles. The summed E-state index contributed by atoms with van der Waals surface area (Å²) in [5.74, 6) is 1.21. The molecule has 2 nitrogen and oxygen atoms in total. The zero-order chi connectivity index (χ0) is 13.4. The fourth-order valence-electron chi connectivity index (χ4n) is 2.25. The van der Waals surface area contributed by atoms with Gasteiger partial charge in [0.1, 0.15) is 0 Å². The minimum atomic E-state index is 0.458. The summed E-state index contributed by atoms with van der Waals surface area (Å²) >= 11 is 0. The number of benzene rings is 1. The van der Waals surface area contributed by atoms with Crippen molar-refractivity contribution in [2.45, 2.75) is 39.2 Å². The van der Waals surface area contributed by atoms with Crippen molar-refractivity contribution in [3.05, 3.63) is 35.9 Å². The van der Waals surface area contributed by atoms with E-state index in [4.69, 9.17) is 4.74 Å². The molecule has 2 unspecified atom stereocenters. The second kappa shape index (κ2) is 8.28. The molecule has 0 aliphatic rings. The Balaban J connectivity index is 2.59. The van der Waals surface area contributed by atoms with Crippen LogP contribution in [0.1, 0.15) is 38.7 Å². The van der Waals surface area contributed by atoms with Gasteiger partial charge in [0.05, 0.1) is 6.61 Å². The van der Waals surface area contributed by atoms with Gasteiger partial charge in [0.15, 0.2) is 0 Å². The Morgan fingerprint density at radius 2 is 1.83 bits per heavy atom. The van der Waals surface area contributed by atoms with Crippen LogP contribution in [0.2, 0.25) is 0 Å². The average molecular weight is 249 g/mol. The van der Waals surface area contributed by atoms with Crippen LogP contribution < -0.4 is 5.32 Å². The molecular weight excluding hydrogens is 222 g/mol. The van der Waals surface area contributed by atoms with Gasteiger partial charge in [-0.1, -0.05) is 51.1 Å². The third-order valence-electron chi connectivity index (χ3n) is 3.52. The quantitative estimate of drug-likeness (QED) is 0.762. The van der Waals surface area contributed by atoms with Gasteiger partial charge in [0, 0.05) is 19.7 Å². The van der Waals surface area contributed by atoms with Gasteiger partial charge in [-0.05, 0) is 23.8 Å². The Bertz CT molecular complexity index is 310. The van der Waals surface area contributed by atoms with Gasteiger partial charge < -0.3 is 10.1 Å². The van der Waals surface area contributed by atoms with E-state index in [0.717, 1.165) is 19.6 Å². The third kappa shape index (κ3) is 4.79. The lowest BCUT2D eigenvalue weighted by molar-refractivity contribution is 0.162. The van der Waals surface area contributed by atoms with E-state index in [2.05, 4.69) is 56.4 Å². The smallest absolute Gasteiger partial charge is 0.0615 e. The predicted octanol–water partition coefficient (Wildman–Crippen LogP) is 3.44. The van der Waals surface area contributed by atoms with Crippen molar-refractivity contribution in [3.8, 4) is 0 Å². The van der Waals surface area contributed by atoms with Crippen LogP contribution in [0.4, 0.5) is 0 Å². The summed E-state index contributed by atoms with van der Waals surface area (Å²) < 4.78 is 5.23. The first kappa shape index (κ1) is 15.2. The lowest BCUT2D eigenvalue weighted by Crippen LogP contribution is -2.36. The van der Waals surface area contributed by atoms with Crippen molar-refractivity contribution in [2.75, 3.05) is 20.3 Å². The molecule has 1 N–H and O–H groups in total.